The van der Waals surface area contributed by atoms with E-state index in [9.17, 15) is 4.39 Å². The molecule has 3 aromatic carbocycles. The molecule has 4 heteroatoms. The van der Waals surface area contributed by atoms with Gasteiger partial charge in [0, 0.05) is 0 Å². The predicted octanol–water partition coefficient (Wildman–Crippen LogP) is 6.64. The van der Waals surface area contributed by atoms with E-state index in [0.717, 1.165) is 5.30 Å². The quantitative estimate of drug-likeness (QED) is 0.464. The van der Waals surface area contributed by atoms with Gasteiger partial charge >= 0.3 is 169 Å². The molecule has 146 valence electrons. The zero-order valence-electron chi connectivity index (χ0n) is 16.5. The van der Waals surface area contributed by atoms with Crippen molar-refractivity contribution in [2.75, 3.05) is 13.3 Å². The van der Waals surface area contributed by atoms with Crippen molar-refractivity contribution < 1.29 is 4.39 Å². The molecule has 0 amide bonds. The summed E-state index contributed by atoms with van der Waals surface area (Å²) in [5.74, 6) is -0.0910. The molecule has 1 heterocycles. The van der Waals surface area contributed by atoms with Gasteiger partial charge in [0.1, 0.15) is 0 Å². The fourth-order valence-corrected chi connectivity index (χ4v) is 14.0. The van der Waals surface area contributed by atoms with Crippen LogP contribution >= 0.6 is 15.5 Å². The van der Waals surface area contributed by atoms with Gasteiger partial charge in [-0.05, 0) is 0 Å². The monoisotopic (exact) mass is 411 g/mol. The number of benzene rings is 3. The molecule has 28 heavy (non-hydrogen) atoms. The van der Waals surface area contributed by atoms with Gasteiger partial charge in [0.05, 0.1) is 0 Å². The average molecular weight is 411 g/mol. The molecule has 1 aliphatic heterocycles. The van der Waals surface area contributed by atoms with Gasteiger partial charge in [-0.2, -0.15) is 0 Å². The number of nitrogens with one attached hydrogen (secondary N) is 1. The van der Waals surface area contributed by atoms with Crippen LogP contribution in [0.1, 0.15) is 35.3 Å². The Morgan fingerprint density at radius 2 is 1.25 bits per heavy atom. The van der Waals surface area contributed by atoms with E-state index < -0.39 is 15.5 Å². The van der Waals surface area contributed by atoms with Gasteiger partial charge < -0.3 is 0 Å². The van der Waals surface area contributed by atoms with Crippen molar-refractivity contribution in [2.45, 2.75) is 24.2 Å². The van der Waals surface area contributed by atoms with Gasteiger partial charge in [-0.25, -0.2) is 0 Å². The summed E-state index contributed by atoms with van der Waals surface area (Å²) in [4.78, 5) is 4.07. The van der Waals surface area contributed by atoms with Gasteiger partial charge in [-0.3, -0.25) is 0 Å². The van der Waals surface area contributed by atoms with Crippen molar-refractivity contribution in [1.29, 1.82) is 0 Å². The summed E-state index contributed by atoms with van der Waals surface area (Å²) in [5.41, 5.74) is 3.94. The Balaban J connectivity index is 1.72. The van der Waals surface area contributed by atoms with Gasteiger partial charge in [-0.15, -0.1) is 0 Å². The van der Waals surface area contributed by atoms with Crippen LogP contribution in [0.5, 0.6) is 0 Å². The molecule has 0 radical (unpaired) electrons. The van der Waals surface area contributed by atoms with Crippen molar-refractivity contribution >= 4 is 20.8 Å². The molecule has 0 bridgehead atoms. The summed E-state index contributed by atoms with van der Waals surface area (Å²) in [6.07, 6.45) is 2.39. The fourth-order valence-electron chi connectivity index (χ4n) is 4.87. The van der Waals surface area contributed by atoms with Crippen molar-refractivity contribution in [2.24, 2.45) is 0 Å². The van der Waals surface area contributed by atoms with Crippen LogP contribution in [0.2, 0.25) is 0 Å². The van der Waals surface area contributed by atoms with E-state index in [0.29, 0.717) is 11.3 Å². The molecular weight excluding hydrogens is 383 g/mol. The van der Waals surface area contributed by atoms with E-state index >= 15 is 0 Å². The van der Waals surface area contributed by atoms with E-state index in [1.54, 1.807) is 12.1 Å². The van der Waals surface area contributed by atoms with E-state index in [4.69, 9.17) is 0 Å². The zero-order valence-corrected chi connectivity index (χ0v) is 18.4. The van der Waals surface area contributed by atoms with Crippen LogP contribution in [0.15, 0.2) is 84.9 Å². The first-order valence-corrected chi connectivity index (χ1v) is 14.4. The Kier molecular flexibility index (Phi) is 5.93. The standard InChI is InChI=1S/C24H28FNP2/c1-27(22-16-10-9-15-21(22)25)26-28(2)23(19-11-5-3-6-12-19)17-18-24(28)20-13-7-4-8-14-20/h3-16,23-24,26,28H,17-18H2,1-2H3/t23-,24-,27?/m0/s1. The second-order valence-corrected chi connectivity index (χ2v) is 14.4. The maximum absolute atomic E-state index is 14.5. The minimum atomic E-state index is -1.98. The summed E-state index contributed by atoms with van der Waals surface area (Å²) in [7, 11) is -2.74. The van der Waals surface area contributed by atoms with E-state index in [-0.39, 0.29) is 5.82 Å². The van der Waals surface area contributed by atoms with Gasteiger partial charge in [0.25, 0.3) is 0 Å². The Hall–Kier alpha value is -1.59. The van der Waals surface area contributed by atoms with E-state index in [1.165, 1.54) is 24.0 Å². The summed E-state index contributed by atoms with van der Waals surface area (Å²) < 4.78 is 14.5. The number of rotatable bonds is 5. The molecule has 0 aliphatic carbocycles. The predicted molar refractivity (Wildman–Crippen MR) is 124 cm³/mol. The maximum atomic E-state index is 14.5. The van der Waals surface area contributed by atoms with E-state index in [2.05, 4.69) is 78.9 Å². The second kappa shape index (κ2) is 8.42. The molecule has 1 nitrogen and oxygen atoms in total. The molecule has 1 N–H and O–H groups in total. The third-order valence-electron chi connectivity index (χ3n) is 6.22. The van der Waals surface area contributed by atoms with Gasteiger partial charge in [-0.1, -0.05) is 0 Å². The SMILES string of the molecule is CP(N[PH]1(C)[C@H](c2ccccc2)CC[C@H]1c1ccccc1)c1ccccc1F. The summed E-state index contributed by atoms with van der Waals surface area (Å²) in [6.45, 7) is 4.66. The summed E-state index contributed by atoms with van der Waals surface area (Å²) >= 11 is 0. The van der Waals surface area contributed by atoms with Crippen molar-refractivity contribution in [3.05, 3.63) is 102 Å². The Morgan fingerprint density at radius 3 is 1.75 bits per heavy atom. The first-order chi connectivity index (χ1) is 13.6. The summed E-state index contributed by atoms with van der Waals surface area (Å²) in [5, 5.41) is 0.830. The third-order valence-corrected chi connectivity index (χ3v) is 14.7. The molecular formula is C24H28FNP2. The first-order valence-electron chi connectivity index (χ1n) is 9.95. The molecule has 1 saturated heterocycles. The van der Waals surface area contributed by atoms with Crippen molar-refractivity contribution in [3.63, 3.8) is 0 Å². The van der Waals surface area contributed by atoms with Crippen LogP contribution < -0.4 is 10.2 Å². The molecule has 1 unspecified atom stereocenters. The van der Waals surface area contributed by atoms with Gasteiger partial charge in [0.2, 0.25) is 0 Å². The van der Waals surface area contributed by atoms with Crippen LogP contribution in [0.3, 0.4) is 0 Å². The molecule has 0 spiro atoms. The molecule has 4 rings (SSSR count). The van der Waals surface area contributed by atoms with Crippen LogP contribution in [0.4, 0.5) is 4.39 Å². The van der Waals surface area contributed by atoms with Crippen LogP contribution in [0, 0.1) is 5.82 Å². The summed E-state index contributed by atoms with van der Waals surface area (Å²) in [6, 6.07) is 29.1. The number of hydrogen-bond donors (Lipinski definition) is 1. The van der Waals surface area contributed by atoms with Crippen LogP contribution in [-0.2, 0) is 0 Å². The van der Waals surface area contributed by atoms with Crippen LogP contribution in [0.25, 0.3) is 0 Å². The number of halogens is 1. The topological polar surface area (TPSA) is 12.0 Å². The molecule has 3 atom stereocenters. The normalized spacial score (nSPS) is 23.2. The third kappa shape index (κ3) is 3.79. The molecule has 3 aromatic rings. The van der Waals surface area contributed by atoms with Crippen molar-refractivity contribution in [1.82, 2.24) is 4.86 Å². The molecule has 0 aromatic heterocycles. The molecule has 1 fully saturated rings. The molecule has 0 saturated carbocycles. The van der Waals surface area contributed by atoms with E-state index in [1.807, 2.05) is 12.1 Å². The number of hydrogen-bond acceptors (Lipinski definition) is 1. The zero-order chi connectivity index (χ0) is 19.6. The first kappa shape index (κ1) is 19.7. The van der Waals surface area contributed by atoms with Crippen LogP contribution in [-0.4, -0.2) is 13.3 Å². The molecule has 1 aliphatic rings. The van der Waals surface area contributed by atoms with Gasteiger partial charge in [0.15, 0.2) is 0 Å². The average Bonchev–Trinajstić information content (AvgIpc) is 3.06. The van der Waals surface area contributed by atoms with Crippen molar-refractivity contribution in [3.8, 4) is 0 Å². The minimum absolute atomic E-state index is 0.0910. The second-order valence-electron chi connectivity index (χ2n) is 7.91. The fraction of sp³-hybridized carbons (Fsp3) is 0.250. The Labute approximate surface area is 169 Å². The Bertz CT molecular complexity index is 869. The Morgan fingerprint density at radius 1 is 0.786 bits per heavy atom.